The third-order valence-corrected chi connectivity index (χ3v) is 3.73. The van der Waals surface area contributed by atoms with Gasteiger partial charge in [0.05, 0.1) is 5.56 Å². The number of nitrogens with zero attached hydrogens (tertiary/aromatic N) is 1. The maximum atomic E-state index is 13.5. The number of aromatic hydroxyl groups is 1. The van der Waals surface area contributed by atoms with Crippen LogP contribution in [0.15, 0.2) is 36.4 Å². The molecule has 0 aliphatic heterocycles. The summed E-state index contributed by atoms with van der Waals surface area (Å²) < 4.78 is 13.5. The zero-order chi connectivity index (χ0) is 16.8. The van der Waals surface area contributed by atoms with Gasteiger partial charge in [-0.3, -0.25) is 4.79 Å². The normalized spacial score (nSPS) is 10.9. The highest BCUT2D eigenvalue weighted by atomic mass is 19.1. The number of benzene rings is 2. The number of anilines is 1. The second kappa shape index (κ2) is 7.58. The van der Waals surface area contributed by atoms with Crippen molar-refractivity contribution in [3.63, 3.8) is 0 Å². The molecule has 0 heterocycles. The molecule has 23 heavy (non-hydrogen) atoms. The van der Waals surface area contributed by atoms with Gasteiger partial charge < -0.3 is 10.0 Å². The van der Waals surface area contributed by atoms with Crippen molar-refractivity contribution in [2.24, 2.45) is 0 Å². The predicted molar refractivity (Wildman–Crippen MR) is 92.4 cm³/mol. The molecule has 0 fully saturated rings. The number of aldehydes is 1. The lowest BCUT2D eigenvalue weighted by atomic mass is 10.1. The van der Waals surface area contributed by atoms with E-state index in [-0.39, 0.29) is 5.56 Å². The topological polar surface area (TPSA) is 40.5 Å². The van der Waals surface area contributed by atoms with Crippen LogP contribution in [0.1, 0.15) is 35.3 Å². The molecule has 0 radical (unpaired) electrons. The van der Waals surface area contributed by atoms with E-state index in [4.69, 9.17) is 0 Å². The van der Waals surface area contributed by atoms with Crippen molar-refractivity contribution in [2.45, 2.75) is 13.8 Å². The first-order chi connectivity index (χ1) is 11.1. The molecule has 0 aliphatic rings. The Morgan fingerprint density at radius 3 is 2.22 bits per heavy atom. The standard InChI is InChI=1S/C19H20FNO2/c1-3-21(4-2)17-9-7-14(8-10-17)5-6-15-11-16(13-22)19(23)18(20)12-15/h5-13,23H,3-4H2,1-2H3. The van der Waals surface area contributed by atoms with Crippen LogP contribution in [-0.4, -0.2) is 24.5 Å². The Morgan fingerprint density at radius 1 is 1.04 bits per heavy atom. The van der Waals surface area contributed by atoms with Crippen molar-refractivity contribution in [1.29, 1.82) is 0 Å². The van der Waals surface area contributed by atoms with E-state index in [0.717, 1.165) is 24.3 Å². The van der Waals surface area contributed by atoms with Crippen LogP contribution in [0.3, 0.4) is 0 Å². The van der Waals surface area contributed by atoms with Crippen LogP contribution < -0.4 is 4.90 Å². The Kier molecular flexibility index (Phi) is 5.52. The van der Waals surface area contributed by atoms with Crippen molar-refractivity contribution in [2.75, 3.05) is 18.0 Å². The van der Waals surface area contributed by atoms with E-state index >= 15 is 0 Å². The fraction of sp³-hybridized carbons (Fsp3) is 0.211. The van der Waals surface area contributed by atoms with E-state index in [2.05, 4.69) is 18.7 Å². The van der Waals surface area contributed by atoms with Gasteiger partial charge in [-0.2, -0.15) is 0 Å². The Hall–Kier alpha value is -2.62. The van der Waals surface area contributed by atoms with E-state index in [1.165, 1.54) is 12.1 Å². The second-order valence-corrected chi connectivity index (χ2v) is 5.16. The molecule has 0 saturated heterocycles. The van der Waals surface area contributed by atoms with Crippen LogP contribution in [0, 0.1) is 5.82 Å². The zero-order valence-corrected chi connectivity index (χ0v) is 13.3. The molecule has 0 aliphatic carbocycles. The number of halogens is 1. The smallest absolute Gasteiger partial charge is 0.166 e. The fourth-order valence-electron chi connectivity index (χ4n) is 2.41. The number of hydrogen-bond acceptors (Lipinski definition) is 3. The maximum absolute atomic E-state index is 13.5. The number of phenolic OH excluding ortho intramolecular Hbond substituents is 1. The van der Waals surface area contributed by atoms with E-state index in [1.54, 1.807) is 6.08 Å². The van der Waals surface area contributed by atoms with Gasteiger partial charge >= 0.3 is 0 Å². The second-order valence-electron chi connectivity index (χ2n) is 5.16. The third-order valence-electron chi connectivity index (χ3n) is 3.73. The fourth-order valence-corrected chi connectivity index (χ4v) is 2.41. The van der Waals surface area contributed by atoms with Gasteiger partial charge in [0.15, 0.2) is 17.9 Å². The molecule has 0 saturated carbocycles. The summed E-state index contributed by atoms with van der Waals surface area (Å²) in [6, 6.07) is 10.7. The van der Waals surface area contributed by atoms with Crippen molar-refractivity contribution in [3.05, 3.63) is 58.9 Å². The first-order valence-corrected chi connectivity index (χ1v) is 7.59. The maximum Gasteiger partial charge on any atom is 0.166 e. The summed E-state index contributed by atoms with van der Waals surface area (Å²) in [6.45, 7) is 6.13. The van der Waals surface area contributed by atoms with Gasteiger partial charge in [-0.05, 0) is 49.2 Å². The number of phenols is 1. The summed E-state index contributed by atoms with van der Waals surface area (Å²) in [5, 5.41) is 9.40. The van der Waals surface area contributed by atoms with Crippen molar-refractivity contribution >= 4 is 24.1 Å². The number of rotatable bonds is 6. The Morgan fingerprint density at radius 2 is 1.65 bits per heavy atom. The van der Waals surface area contributed by atoms with Crippen LogP contribution in [0.4, 0.5) is 10.1 Å². The first kappa shape index (κ1) is 16.7. The molecule has 2 aromatic carbocycles. The summed E-state index contributed by atoms with van der Waals surface area (Å²) in [6.07, 6.45) is 3.99. The zero-order valence-electron chi connectivity index (χ0n) is 13.3. The van der Waals surface area contributed by atoms with Crippen molar-refractivity contribution in [1.82, 2.24) is 0 Å². The molecular formula is C19H20FNO2. The van der Waals surface area contributed by atoms with Gasteiger partial charge in [-0.1, -0.05) is 24.3 Å². The molecule has 3 nitrogen and oxygen atoms in total. The van der Waals surface area contributed by atoms with E-state index in [0.29, 0.717) is 11.8 Å². The van der Waals surface area contributed by atoms with Gasteiger partial charge in [-0.15, -0.1) is 0 Å². The number of hydrogen-bond donors (Lipinski definition) is 1. The van der Waals surface area contributed by atoms with E-state index in [1.807, 2.05) is 30.3 Å². The Bertz CT molecular complexity index is 704. The summed E-state index contributed by atoms with van der Waals surface area (Å²) in [5.41, 5.74) is 2.60. The van der Waals surface area contributed by atoms with Gasteiger partial charge in [0, 0.05) is 18.8 Å². The molecule has 2 rings (SSSR count). The quantitative estimate of drug-likeness (QED) is 0.636. The molecule has 0 spiro atoms. The highest BCUT2D eigenvalue weighted by Crippen LogP contribution is 2.23. The van der Waals surface area contributed by atoms with Crippen LogP contribution in [0.2, 0.25) is 0 Å². The lowest BCUT2D eigenvalue weighted by molar-refractivity contribution is 0.112. The summed E-state index contributed by atoms with van der Waals surface area (Å²) in [5.74, 6) is -1.41. The van der Waals surface area contributed by atoms with Gasteiger partial charge in [-0.25, -0.2) is 4.39 Å². The summed E-state index contributed by atoms with van der Waals surface area (Å²) >= 11 is 0. The van der Waals surface area contributed by atoms with Crippen LogP contribution >= 0.6 is 0 Å². The molecule has 0 atom stereocenters. The highest BCUT2D eigenvalue weighted by Gasteiger charge is 2.07. The lowest BCUT2D eigenvalue weighted by Crippen LogP contribution is -2.21. The average Bonchev–Trinajstić information content (AvgIpc) is 2.58. The monoisotopic (exact) mass is 313 g/mol. The SMILES string of the molecule is CCN(CC)c1ccc(C=Cc2cc(F)c(O)c(C=O)c2)cc1. The molecule has 1 N–H and O–H groups in total. The largest absolute Gasteiger partial charge is 0.504 e. The molecule has 120 valence electrons. The molecule has 0 aromatic heterocycles. The minimum atomic E-state index is -0.800. The first-order valence-electron chi connectivity index (χ1n) is 7.59. The van der Waals surface area contributed by atoms with Gasteiger partial charge in [0.2, 0.25) is 0 Å². The summed E-state index contributed by atoms with van der Waals surface area (Å²) in [4.78, 5) is 13.1. The van der Waals surface area contributed by atoms with Crippen molar-refractivity contribution in [3.8, 4) is 5.75 Å². The Labute approximate surface area is 135 Å². The average molecular weight is 313 g/mol. The molecular weight excluding hydrogens is 293 g/mol. The molecule has 0 bridgehead atoms. The highest BCUT2D eigenvalue weighted by molar-refractivity contribution is 5.82. The van der Waals surface area contributed by atoms with E-state index < -0.39 is 11.6 Å². The van der Waals surface area contributed by atoms with E-state index in [9.17, 15) is 14.3 Å². The molecule has 0 amide bonds. The van der Waals surface area contributed by atoms with Crippen molar-refractivity contribution < 1.29 is 14.3 Å². The van der Waals surface area contributed by atoms with Crippen LogP contribution in [-0.2, 0) is 0 Å². The van der Waals surface area contributed by atoms with Crippen LogP contribution in [0.5, 0.6) is 5.75 Å². The Balaban J connectivity index is 2.20. The van der Waals surface area contributed by atoms with Gasteiger partial charge in [0.25, 0.3) is 0 Å². The lowest BCUT2D eigenvalue weighted by Gasteiger charge is -2.20. The minimum absolute atomic E-state index is 0.0541. The van der Waals surface area contributed by atoms with Crippen LogP contribution in [0.25, 0.3) is 12.2 Å². The number of carbonyl (C=O) groups excluding carboxylic acids is 1. The molecule has 2 aromatic rings. The minimum Gasteiger partial charge on any atom is -0.504 e. The molecule has 0 unspecified atom stereocenters. The number of carbonyl (C=O) groups is 1. The predicted octanol–water partition coefficient (Wildman–Crippen LogP) is 4.36. The van der Waals surface area contributed by atoms with Gasteiger partial charge in [0.1, 0.15) is 0 Å². The third kappa shape index (κ3) is 3.97. The summed E-state index contributed by atoms with van der Waals surface area (Å²) in [7, 11) is 0. The molecule has 4 heteroatoms.